The number of halogens is 1. The van der Waals surface area contributed by atoms with E-state index < -0.39 is 0 Å². The average molecular weight is 149 g/mol. The minimum Gasteiger partial charge on any atom is -0.428 e. The fourth-order valence-electron chi connectivity index (χ4n) is 0.477. The third-order valence-corrected chi connectivity index (χ3v) is 0.783. The van der Waals surface area contributed by atoms with E-state index in [0.717, 1.165) is 12.4 Å². The fraction of sp³-hybridized carbons (Fsp3) is 0.400. The molecule has 1 heterocycles. The molecule has 0 aliphatic heterocycles. The molecule has 0 aliphatic carbocycles. The molecule has 1 rings (SSSR count). The average Bonchev–Trinajstić information content (AvgIpc) is 2.19. The highest BCUT2D eigenvalue weighted by Gasteiger charge is 1.87. The molecule has 0 aromatic carbocycles. The van der Waals surface area contributed by atoms with Gasteiger partial charge in [0.1, 0.15) is 0 Å². The van der Waals surface area contributed by atoms with Crippen LogP contribution in [0.15, 0.2) is 17.0 Å². The topological polar surface area (TPSA) is 38.1 Å². The Morgan fingerprint density at radius 2 is 2.56 bits per heavy atom. The van der Waals surface area contributed by atoms with Crippen LogP contribution in [0.5, 0.6) is 0 Å². The van der Waals surface area contributed by atoms with Crippen LogP contribution in [0.3, 0.4) is 0 Å². The van der Waals surface area contributed by atoms with Crippen molar-refractivity contribution in [3.8, 4) is 0 Å². The van der Waals surface area contributed by atoms with E-state index in [9.17, 15) is 0 Å². The molecular formula is C5H9ClN2O. The Morgan fingerprint density at radius 3 is 3.00 bits per heavy atom. The van der Waals surface area contributed by atoms with Gasteiger partial charge in [-0.3, -0.25) is 0 Å². The molecule has 0 fully saturated rings. The zero-order valence-corrected chi connectivity index (χ0v) is 5.94. The van der Waals surface area contributed by atoms with Crippen LogP contribution in [0.1, 0.15) is 6.92 Å². The summed E-state index contributed by atoms with van der Waals surface area (Å²) >= 11 is 0. The predicted molar refractivity (Wildman–Crippen MR) is 37.9 cm³/mol. The predicted octanol–water partition coefficient (Wildman–Crippen LogP) is 1.53. The molecule has 1 aromatic heterocycles. The maximum Gasteiger partial charge on any atom is 0.213 e. The third kappa shape index (κ3) is 2.37. The van der Waals surface area contributed by atoms with Gasteiger partial charge in [-0.05, 0) is 6.92 Å². The molecule has 0 bridgehead atoms. The van der Waals surface area contributed by atoms with Crippen LogP contribution in [0.25, 0.3) is 0 Å². The van der Waals surface area contributed by atoms with Crippen molar-refractivity contribution in [2.24, 2.45) is 0 Å². The molecule has 0 aliphatic rings. The number of nitrogens with one attached hydrogen (secondary N) is 1. The standard InChI is InChI=1S/C5H8N2O.ClH/c1-2-7-5-3-6-4-8-5;/h3-4,7H,2H2,1H3;1H. The van der Waals surface area contributed by atoms with Gasteiger partial charge < -0.3 is 9.73 Å². The van der Waals surface area contributed by atoms with Crippen molar-refractivity contribution in [3.63, 3.8) is 0 Å². The molecule has 0 spiro atoms. The van der Waals surface area contributed by atoms with Crippen molar-refractivity contribution < 1.29 is 4.42 Å². The summed E-state index contributed by atoms with van der Waals surface area (Å²) in [7, 11) is 0. The van der Waals surface area contributed by atoms with E-state index in [0.29, 0.717) is 0 Å². The second kappa shape index (κ2) is 4.21. The van der Waals surface area contributed by atoms with Gasteiger partial charge in [-0.15, -0.1) is 12.4 Å². The van der Waals surface area contributed by atoms with Gasteiger partial charge in [0.05, 0.1) is 6.20 Å². The van der Waals surface area contributed by atoms with Gasteiger partial charge in [-0.1, -0.05) is 0 Å². The van der Waals surface area contributed by atoms with Gasteiger partial charge in [0.15, 0.2) is 6.39 Å². The van der Waals surface area contributed by atoms with Crippen molar-refractivity contribution >= 4 is 18.3 Å². The number of aromatic nitrogens is 1. The molecule has 0 saturated carbocycles. The number of nitrogens with zero attached hydrogens (tertiary/aromatic N) is 1. The minimum atomic E-state index is 0. The summed E-state index contributed by atoms with van der Waals surface area (Å²) in [6.07, 6.45) is 3.04. The second-order valence-electron chi connectivity index (χ2n) is 1.40. The lowest BCUT2D eigenvalue weighted by atomic mass is 10.7. The van der Waals surface area contributed by atoms with Gasteiger partial charge in [-0.25, -0.2) is 4.98 Å². The largest absolute Gasteiger partial charge is 0.428 e. The lowest BCUT2D eigenvalue weighted by molar-refractivity contribution is 0.570. The first kappa shape index (κ1) is 8.30. The van der Waals surface area contributed by atoms with Crippen molar-refractivity contribution in [3.05, 3.63) is 12.6 Å². The van der Waals surface area contributed by atoms with E-state index in [1.807, 2.05) is 6.92 Å². The molecule has 52 valence electrons. The maximum absolute atomic E-state index is 4.85. The van der Waals surface area contributed by atoms with Gasteiger partial charge >= 0.3 is 0 Å². The first-order chi connectivity index (χ1) is 3.93. The van der Waals surface area contributed by atoms with E-state index in [1.54, 1.807) is 6.20 Å². The van der Waals surface area contributed by atoms with Crippen molar-refractivity contribution in [2.45, 2.75) is 6.92 Å². The summed E-state index contributed by atoms with van der Waals surface area (Å²) in [4.78, 5) is 3.71. The molecule has 0 unspecified atom stereocenters. The maximum atomic E-state index is 4.85. The van der Waals surface area contributed by atoms with Crippen LogP contribution >= 0.6 is 12.4 Å². The zero-order chi connectivity index (χ0) is 5.82. The van der Waals surface area contributed by atoms with Crippen LogP contribution in [0.4, 0.5) is 5.88 Å². The molecule has 0 atom stereocenters. The summed E-state index contributed by atoms with van der Waals surface area (Å²) in [5.74, 6) is 0.729. The lowest BCUT2D eigenvalue weighted by Gasteiger charge is -1.91. The molecule has 0 radical (unpaired) electrons. The third-order valence-electron chi connectivity index (χ3n) is 0.783. The van der Waals surface area contributed by atoms with Gasteiger partial charge in [0.25, 0.3) is 0 Å². The molecule has 9 heavy (non-hydrogen) atoms. The molecule has 3 nitrogen and oxygen atoms in total. The van der Waals surface area contributed by atoms with E-state index in [2.05, 4.69) is 10.3 Å². The number of rotatable bonds is 2. The summed E-state index contributed by atoms with van der Waals surface area (Å²) in [5.41, 5.74) is 0. The molecule has 0 amide bonds. The first-order valence-electron chi connectivity index (χ1n) is 2.56. The Kier molecular flexibility index (Phi) is 3.88. The highest BCUT2D eigenvalue weighted by Crippen LogP contribution is 2.00. The van der Waals surface area contributed by atoms with Crippen LogP contribution in [-0.4, -0.2) is 11.5 Å². The van der Waals surface area contributed by atoms with Gasteiger partial charge in [-0.2, -0.15) is 0 Å². The van der Waals surface area contributed by atoms with Gasteiger partial charge in [0, 0.05) is 6.54 Å². The minimum absolute atomic E-state index is 0. The quantitative estimate of drug-likeness (QED) is 0.691. The summed E-state index contributed by atoms with van der Waals surface area (Å²) < 4.78 is 4.85. The van der Waals surface area contributed by atoms with Crippen LogP contribution < -0.4 is 5.32 Å². The Hall–Kier alpha value is -0.700. The van der Waals surface area contributed by atoms with Crippen molar-refractivity contribution in [1.29, 1.82) is 0 Å². The second-order valence-corrected chi connectivity index (χ2v) is 1.40. The fourth-order valence-corrected chi connectivity index (χ4v) is 0.477. The monoisotopic (exact) mass is 148 g/mol. The van der Waals surface area contributed by atoms with Crippen LogP contribution in [-0.2, 0) is 0 Å². The summed E-state index contributed by atoms with van der Waals surface area (Å²) in [5, 5.41) is 2.96. The van der Waals surface area contributed by atoms with E-state index in [-0.39, 0.29) is 12.4 Å². The molecule has 0 saturated heterocycles. The Balaban J connectivity index is 0.000000640. The Labute approximate surface area is 59.9 Å². The summed E-state index contributed by atoms with van der Waals surface area (Å²) in [6.45, 7) is 2.87. The van der Waals surface area contributed by atoms with Gasteiger partial charge in [0.2, 0.25) is 5.88 Å². The molecule has 4 heteroatoms. The zero-order valence-electron chi connectivity index (χ0n) is 5.13. The number of oxazole rings is 1. The number of hydrogen-bond donors (Lipinski definition) is 1. The smallest absolute Gasteiger partial charge is 0.213 e. The SMILES string of the molecule is CCNc1cnco1.Cl. The number of anilines is 1. The van der Waals surface area contributed by atoms with Crippen LogP contribution in [0.2, 0.25) is 0 Å². The van der Waals surface area contributed by atoms with Crippen LogP contribution in [0, 0.1) is 0 Å². The van der Waals surface area contributed by atoms with Crippen molar-refractivity contribution in [1.82, 2.24) is 4.98 Å². The highest BCUT2D eigenvalue weighted by atomic mass is 35.5. The van der Waals surface area contributed by atoms with E-state index in [4.69, 9.17) is 4.42 Å². The first-order valence-corrected chi connectivity index (χ1v) is 2.56. The molecular weight excluding hydrogens is 140 g/mol. The van der Waals surface area contributed by atoms with E-state index in [1.165, 1.54) is 6.39 Å². The normalized spacial score (nSPS) is 8.11. The van der Waals surface area contributed by atoms with Crippen molar-refractivity contribution in [2.75, 3.05) is 11.9 Å². The summed E-state index contributed by atoms with van der Waals surface area (Å²) in [6, 6.07) is 0. The molecule has 1 N–H and O–H groups in total. The van der Waals surface area contributed by atoms with E-state index >= 15 is 0 Å². The highest BCUT2D eigenvalue weighted by molar-refractivity contribution is 5.85. The lowest BCUT2D eigenvalue weighted by Crippen LogP contribution is -1.93. The molecule has 1 aromatic rings. The Morgan fingerprint density at radius 1 is 1.78 bits per heavy atom. The number of hydrogen-bond acceptors (Lipinski definition) is 3. The Bertz CT molecular complexity index is 141.